The molecule has 2 unspecified atom stereocenters. The number of hydrogen-bond acceptors (Lipinski definition) is 2. The van der Waals surface area contributed by atoms with Gasteiger partial charge in [0, 0.05) is 0 Å². The predicted octanol–water partition coefficient (Wildman–Crippen LogP) is 8.50. The first-order chi connectivity index (χ1) is 20.7. The minimum Gasteiger partial charge on any atom is -0.199 e. The molecule has 0 saturated carbocycles. The van der Waals surface area contributed by atoms with Crippen LogP contribution in [0.2, 0.25) is 0 Å². The maximum Gasteiger partial charge on any atom is 0.271 e. The second-order valence-corrected chi connectivity index (χ2v) is 11.9. The monoisotopic (exact) mass is 563 g/mol. The summed E-state index contributed by atoms with van der Waals surface area (Å²) >= 11 is 0. The molecule has 0 saturated heterocycles. The normalized spacial score (nSPS) is 12.4. The molecule has 0 N–H and O–H groups in total. The minimum atomic E-state index is -0.364. The van der Waals surface area contributed by atoms with Crippen molar-refractivity contribution in [2.75, 3.05) is 0 Å². The molecule has 43 heavy (non-hydrogen) atoms. The fraction of sp³-hybridized carbons (Fsp3) is 0.256. The summed E-state index contributed by atoms with van der Waals surface area (Å²) in [6.07, 6.45) is 5.89. The second kappa shape index (κ2) is 12.5. The van der Waals surface area contributed by atoms with Crippen LogP contribution in [0.15, 0.2) is 91.3 Å². The molecule has 4 nitrogen and oxygen atoms in total. The van der Waals surface area contributed by atoms with Crippen LogP contribution in [0.4, 0.5) is 0 Å². The summed E-state index contributed by atoms with van der Waals surface area (Å²) in [6.45, 7) is 13.0. The van der Waals surface area contributed by atoms with Crippen LogP contribution in [-0.2, 0) is 6.42 Å². The van der Waals surface area contributed by atoms with Gasteiger partial charge in [-0.25, -0.2) is 0 Å². The molecule has 5 rings (SSSR count). The number of imidazole rings is 1. The van der Waals surface area contributed by atoms with Crippen LogP contribution in [0.1, 0.15) is 74.2 Å². The van der Waals surface area contributed by atoms with Gasteiger partial charge in [-0.1, -0.05) is 77.9 Å². The fourth-order valence-corrected chi connectivity index (χ4v) is 6.81. The number of hydrogen-bond donors (Lipinski definition) is 0. The van der Waals surface area contributed by atoms with Gasteiger partial charge in [-0.15, -0.1) is 0 Å². The topological polar surface area (TPSA) is 56.4 Å². The minimum absolute atomic E-state index is 0.127. The highest BCUT2D eigenvalue weighted by atomic mass is 15.2. The van der Waals surface area contributed by atoms with E-state index in [-0.39, 0.29) is 11.8 Å². The lowest BCUT2D eigenvalue weighted by molar-refractivity contribution is -0.606. The molecule has 1 aromatic heterocycles. The molecule has 4 heteroatoms. The molecule has 0 aliphatic heterocycles. The highest BCUT2D eigenvalue weighted by Crippen LogP contribution is 2.38. The third-order valence-electron chi connectivity index (χ3n) is 8.47. The van der Waals surface area contributed by atoms with Gasteiger partial charge in [-0.05, 0) is 99.9 Å². The Labute approximate surface area is 256 Å². The van der Waals surface area contributed by atoms with Crippen LogP contribution in [0.3, 0.4) is 0 Å². The Morgan fingerprint density at radius 2 is 1.33 bits per heavy atom. The van der Waals surface area contributed by atoms with Crippen molar-refractivity contribution in [3.63, 3.8) is 0 Å². The van der Waals surface area contributed by atoms with E-state index in [1.54, 1.807) is 0 Å². The van der Waals surface area contributed by atoms with E-state index in [4.69, 9.17) is 0 Å². The van der Waals surface area contributed by atoms with Gasteiger partial charge < -0.3 is 0 Å². The Morgan fingerprint density at radius 1 is 0.744 bits per heavy atom. The Bertz CT molecular complexity index is 1730. The van der Waals surface area contributed by atoms with Crippen molar-refractivity contribution in [1.29, 1.82) is 10.5 Å². The van der Waals surface area contributed by atoms with Gasteiger partial charge in [0.2, 0.25) is 0 Å². The first-order valence-electron chi connectivity index (χ1n) is 14.9. The molecule has 5 aromatic rings. The molecule has 0 bridgehead atoms. The van der Waals surface area contributed by atoms with Crippen molar-refractivity contribution in [2.24, 2.45) is 0 Å². The van der Waals surface area contributed by atoms with E-state index in [0.717, 1.165) is 41.2 Å². The molecule has 0 radical (unpaired) electrons. The van der Waals surface area contributed by atoms with Crippen molar-refractivity contribution in [3.8, 4) is 23.5 Å². The first-order valence-corrected chi connectivity index (χ1v) is 14.9. The van der Waals surface area contributed by atoms with Crippen LogP contribution in [0, 0.1) is 64.2 Å². The fourth-order valence-electron chi connectivity index (χ4n) is 6.81. The zero-order chi connectivity index (χ0) is 30.7. The molecule has 0 amide bonds. The Morgan fingerprint density at radius 3 is 1.88 bits per heavy atom. The van der Waals surface area contributed by atoms with Gasteiger partial charge in [-0.2, -0.15) is 19.7 Å². The molecule has 0 aliphatic rings. The maximum absolute atomic E-state index is 10.8. The predicted molar refractivity (Wildman–Crippen MR) is 173 cm³/mol. The summed E-state index contributed by atoms with van der Waals surface area (Å²) in [5, 5.41) is 20.1. The number of aryl methyl sites for hydroxylation is 7. The molecule has 214 valence electrons. The number of benzene rings is 4. The molecular weight excluding hydrogens is 524 g/mol. The first kappa shape index (κ1) is 29.6. The van der Waals surface area contributed by atoms with Gasteiger partial charge >= 0.3 is 0 Å². The Kier molecular flexibility index (Phi) is 8.61. The summed E-state index contributed by atoms with van der Waals surface area (Å²) < 4.78 is 4.67. The van der Waals surface area contributed by atoms with E-state index in [0.29, 0.717) is 5.56 Å². The van der Waals surface area contributed by atoms with E-state index in [9.17, 15) is 10.5 Å². The van der Waals surface area contributed by atoms with Crippen molar-refractivity contribution in [2.45, 2.75) is 66.2 Å². The van der Waals surface area contributed by atoms with Crippen molar-refractivity contribution in [1.82, 2.24) is 4.57 Å². The van der Waals surface area contributed by atoms with Gasteiger partial charge in [0.05, 0.1) is 29.5 Å². The van der Waals surface area contributed by atoms with Gasteiger partial charge in [0.25, 0.3) is 5.82 Å². The van der Waals surface area contributed by atoms with E-state index in [2.05, 4.69) is 112 Å². The lowest BCUT2D eigenvalue weighted by Gasteiger charge is -2.23. The summed E-state index contributed by atoms with van der Waals surface area (Å²) in [4.78, 5) is 0. The van der Waals surface area contributed by atoms with Gasteiger partial charge in [-0.3, -0.25) is 0 Å². The third kappa shape index (κ3) is 6.01. The Balaban J connectivity index is 1.78. The van der Waals surface area contributed by atoms with Crippen LogP contribution < -0.4 is 4.57 Å². The smallest absolute Gasteiger partial charge is 0.199 e. The van der Waals surface area contributed by atoms with Gasteiger partial charge in [0.15, 0.2) is 0 Å². The molecule has 2 atom stereocenters. The molecule has 0 spiro atoms. The molecular formula is C39H39N4+. The Hall–Kier alpha value is -4.93. The number of nitriles is 2. The molecule has 0 aliphatic carbocycles. The standard InChI is InChI=1S/C39H39N4/c1-26-20-28(3)37(29(4)21-26)42-18-19-43(38-30(5)22-27(2)23-31(38)6)39(42)35(36(25-41)34-10-8-7-9-11-34)17-16-32-12-14-33(24-40)15-13-32/h7-15,18-23,35-36H,16-17H2,1-6H3/q+1. The molecule has 1 heterocycles. The van der Waals surface area contributed by atoms with E-state index in [1.807, 2.05) is 42.5 Å². The third-order valence-corrected chi connectivity index (χ3v) is 8.47. The largest absolute Gasteiger partial charge is 0.271 e. The van der Waals surface area contributed by atoms with Crippen LogP contribution in [-0.4, -0.2) is 4.57 Å². The average Bonchev–Trinajstić information content (AvgIpc) is 3.38. The summed E-state index contributed by atoms with van der Waals surface area (Å²) in [7, 11) is 0. The van der Waals surface area contributed by atoms with E-state index in [1.165, 1.54) is 33.4 Å². The zero-order valence-corrected chi connectivity index (χ0v) is 26.0. The summed E-state index contributed by atoms with van der Waals surface area (Å²) in [6, 6.07) is 31.9. The van der Waals surface area contributed by atoms with Gasteiger partial charge in [0.1, 0.15) is 23.8 Å². The highest BCUT2D eigenvalue weighted by molar-refractivity contribution is 5.51. The van der Waals surface area contributed by atoms with Crippen LogP contribution >= 0.6 is 0 Å². The van der Waals surface area contributed by atoms with Crippen molar-refractivity contribution in [3.05, 3.63) is 147 Å². The van der Waals surface area contributed by atoms with Crippen LogP contribution in [0.5, 0.6) is 0 Å². The van der Waals surface area contributed by atoms with E-state index >= 15 is 0 Å². The van der Waals surface area contributed by atoms with Crippen molar-refractivity contribution >= 4 is 0 Å². The molecule has 0 fully saturated rings. The lowest BCUT2D eigenvalue weighted by atomic mass is 9.82. The van der Waals surface area contributed by atoms with Crippen molar-refractivity contribution < 1.29 is 4.57 Å². The lowest BCUT2D eigenvalue weighted by Crippen LogP contribution is -2.39. The second-order valence-electron chi connectivity index (χ2n) is 11.9. The number of rotatable bonds is 8. The van der Waals surface area contributed by atoms with Crippen LogP contribution in [0.25, 0.3) is 11.4 Å². The summed E-state index contributed by atoms with van der Waals surface area (Å²) in [5.41, 5.74) is 12.5. The number of aromatic nitrogens is 2. The average molecular weight is 564 g/mol. The maximum atomic E-state index is 10.8. The number of nitrogens with zero attached hydrogens (tertiary/aromatic N) is 4. The highest BCUT2D eigenvalue weighted by Gasteiger charge is 2.37. The SMILES string of the molecule is Cc1cc(C)c(-n2cc[n+](-c3c(C)cc(C)cc3C)c2C(CCc2ccc(C#N)cc2)C(C#N)c2ccccc2)c(C)c1. The zero-order valence-electron chi connectivity index (χ0n) is 26.0. The summed E-state index contributed by atoms with van der Waals surface area (Å²) in [5.74, 6) is 0.601. The molecule has 4 aromatic carbocycles. The van der Waals surface area contributed by atoms with E-state index < -0.39 is 0 Å². The quantitative estimate of drug-likeness (QED) is 0.178.